The van der Waals surface area contributed by atoms with Gasteiger partial charge in [0.1, 0.15) is 11.5 Å². The molecule has 1 aromatic heterocycles. The van der Waals surface area contributed by atoms with Crippen LogP contribution in [-0.4, -0.2) is 38.6 Å². The summed E-state index contributed by atoms with van der Waals surface area (Å²) in [6.45, 7) is 1.62. The van der Waals surface area contributed by atoms with Gasteiger partial charge in [-0.2, -0.15) is 0 Å². The summed E-state index contributed by atoms with van der Waals surface area (Å²) in [5, 5.41) is 0. The van der Waals surface area contributed by atoms with E-state index in [0.717, 1.165) is 49.6 Å². The Labute approximate surface area is 161 Å². The van der Waals surface area contributed by atoms with E-state index in [1.807, 2.05) is 4.90 Å². The van der Waals surface area contributed by atoms with E-state index in [0.29, 0.717) is 11.2 Å². The van der Waals surface area contributed by atoms with Gasteiger partial charge < -0.3 is 9.32 Å². The minimum Gasteiger partial charge on any atom is -0.455 e. The van der Waals surface area contributed by atoms with Crippen molar-refractivity contribution < 1.29 is 17.6 Å². The predicted molar refractivity (Wildman–Crippen MR) is 102 cm³/mol. The smallest absolute Gasteiger partial charge is 0.289 e. The van der Waals surface area contributed by atoms with E-state index >= 15 is 0 Å². The van der Waals surface area contributed by atoms with Crippen molar-refractivity contribution in [2.45, 2.75) is 50.7 Å². The fourth-order valence-corrected chi connectivity index (χ4v) is 7.72. The highest BCUT2D eigenvalue weighted by Crippen LogP contribution is 2.65. The Hall–Kier alpha value is -1.30. The molecular formula is C21H29NO4S. The second kappa shape index (κ2) is 6.10. The van der Waals surface area contributed by atoms with Crippen LogP contribution in [0.3, 0.4) is 0 Å². The van der Waals surface area contributed by atoms with Gasteiger partial charge in [0.25, 0.3) is 5.91 Å². The number of hydrogen-bond donors (Lipinski definition) is 0. The van der Waals surface area contributed by atoms with Crippen LogP contribution in [0.1, 0.15) is 61.3 Å². The topological polar surface area (TPSA) is 67.6 Å². The van der Waals surface area contributed by atoms with E-state index in [-0.39, 0.29) is 17.4 Å². The van der Waals surface area contributed by atoms with Gasteiger partial charge in [-0.3, -0.25) is 4.79 Å². The van der Waals surface area contributed by atoms with Crippen molar-refractivity contribution >= 4 is 15.7 Å². The summed E-state index contributed by atoms with van der Waals surface area (Å²) in [5.41, 5.74) is 0.481. The lowest BCUT2D eigenvalue weighted by Crippen LogP contribution is -2.57. The molecule has 4 bridgehead atoms. The molecule has 5 nitrogen and oxygen atoms in total. The Morgan fingerprint density at radius 2 is 1.67 bits per heavy atom. The van der Waals surface area contributed by atoms with Crippen LogP contribution < -0.4 is 0 Å². The third kappa shape index (κ3) is 3.04. The average Bonchev–Trinajstić information content (AvgIpc) is 3.05. The number of hydrogen-bond acceptors (Lipinski definition) is 4. The van der Waals surface area contributed by atoms with Crippen molar-refractivity contribution in [3.05, 3.63) is 23.7 Å². The van der Waals surface area contributed by atoms with E-state index in [1.165, 1.54) is 38.4 Å². The molecule has 148 valence electrons. The van der Waals surface area contributed by atoms with E-state index in [1.54, 1.807) is 12.1 Å². The molecule has 27 heavy (non-hydrogen) atoms. The number of carbonyl (C=O) groups excluding carboxylic acids is 1. The zero-order valence-corrected chi connectivity index (χ0v) is 16.8. The summed E-state index contributed by atoms with van der Waals surface area (Å²) >= 11 is 0. The highest BCUT2D eigenvalue weighted by Gasteiger charge is 2.57. The number of amides is 1. The number of nitrogens with zero attached hydrogens (tertiary/aromatic N) is 1. The van der Waals surface area contributed by atoms with E-state index < -0.39 is 9.84 Å². The molecule has 0 N–H and O–H groups in total. The summed E-state index contributed by atoms with van der Waals surface area (Å²) in [4.78, 5) is 14.8. The van der Waals surface area contributed by atoms with Crippen molar-refractivity contribution in [1.82, 2.24) is 4.90 Å². The summed E-state index contributed by atoms with van der Waals surface area (Å²) in [7, 11) is -3.16. The van der Waals surface area contributed by atoms with Crippen LogP contribution in [-0.2, 0) is 15.6 Å². The first-order valence-electron chi connectivity index (χ1n) is 10.4. The molecule has 6 heteroatoms. The number of furan rings is 1. The number of sulfone groups is 1. The number of rotatable bonds is 3. The van der Waals surface area contributed by atoms with Crippen molar-refractivity contribution in [2.75, 3.05) is 19.3 Å². The van der Waals surface area contributed by atoms with Crippen LogP contribution in [0.5, 0.6) is 0 Å². The monoisotopic (exact) mass is 391 g/mol. The van der Waals surface area contributed by atoms with Crippen molar-refractivity contribution in [2.24, 2.45) is 29.1 Å². The minimum absolute atomic E-state index is 0.0894. The summed E-state index contributed by atoms with van der Waals surface area (Å²) in [5.74, 6) is 4.10. The Kier molecular flexibility index (Phi) is 4.01. The number of piperidine rings is 1. The molecule has 2 heterocycles. The second-order valence-corrected chi connectivity index (χ2v) is 11.8. The maximum Gasteiger partial charge on any atom is 0.289 e. The molecule has 1 amide bonds. The lowest BCUT2D eigenvalue weighted by molar-refractivity contribution is -0.132. The Balaban J connectivity index is 1.26. The Morgan fingerprint density at radius 1 is 1.07 bits per heavy atom. The van der Waals surface area contributed by atoms with Gasteiger partial charge in [0, 0.05) is 19.3 Å². The molecule has 6 rings (SSSR count). The fourth-order valence-electron chi connectivity index (χ4n) is 7.05. The Morgan fingerprint density at radius 3 is 2.22 bits per heavy atom. The van der Waals surface area contributed by atoms with Crippen LogP contribution in [0.25, 0.3) is 0 Å². The largest absolute Gasteiger partial charge is 0.455 e. The summed E-state index contributed by atoms with van der Waals surface area (Å²) < 4.78 is 28.4. The van der Waals surface area contributed by atoms with Gasteiger partial charge in [-0.05, 0) is 86.2 Å². The first kappa shape index (κ1) is 17.8. The molecule has 1 aliphatic heterocycles. The first-order valence-corrected chi connectivity index (χ1v) is 12.4. The van der Waals surface area contributed by atoms with Crippen LogP contribution >= 0.6 is 0 Å². The second-order valence-electron chi connectivity index (χ2n) is 9.67. The summed E-state index contributed by atoms with van der Waals surface area (Å²) in [6.07, 6.45) is 10.6. The van der Waals surface area contributed by atoms with Crippen LogP contribution in [0, 0.1) is 29.1 Å². The van der Waals surface area contributed by atoms with Crippen LogP contribution in [0.15, 0.2) is 16.5 Å². The molecule has 5 aliphatic rings. The van der Waals surface area contributed by atoms with Gasteiger partial charge in [0.05, 0.1) is 0 Å². The molecular weight excluding hydrogens is 362 g/mol. The normalized spacial score (nSPS) is 34.3. The molecule has 0 atom stereocenters. The molecule has 0 unspecified atom stereocenters. The highest BCUT2D eigenvalue weighted by atomic mass is 32.2. The van der Waals surface area contributed by atoms with Gasteiger partial charge in [0.2, 0.25) is 0 Å². The molecule has 4 saturated carbocycles. The van der Waals surface area contributed by atoms with Gasteiger partial charge in [0.15, 0.2) is 15.6 Å². The van der Waals surface area contributed by atoms with Gasteiger partial charge in [-0.25, -0.2) is 8.42 Å². The standard InChI is InChI=1S/C21H29NO4S/c1-27(24,25)13-18-2-3-19(26-18)20(23)22-6-4-21(5-7-22)16-9-14-8-15(11-16)12-17(21)10-14/h2-3,14-17H,4-13H2,1H3. The van der Waals surface area contributed by atoms with E-state index in [2.05, 4.69) is 0 Å². The molecule has 1 aromatic rings. The van der Waals surface area contributed by atoms with Crippen LogP contribution in [0.4, 0.5) is 0 Å². The quantitative estimate of drug-likeness (QED) is 0.791. The van der Waals surface area contributed by atoms with Crippen molar-refractivity contribution in [3.8, 4) is 0 Å². The number of carbonyl (C=O) groups is 1. The van der Waals surface area contributed by atoms with E-state index in [4.69, 9.17) is 4.42 Å². The molecule has 1 saturated heterocycles. The minimum atomic E-state index is -3.16. The van der Waals surface area contributed by atoms with Crippen molar-refractivity contribution in [3.63, 3.8) is 0 Å². The van der Waals surface area contributed by atoms with Gasteiger partial charge in [-0.1, -0.05) is 0 Å². The molecule has 5 fully saturated rings. The summed E-state index contributed by atoms with van der Waals surface area (Å²) in [6, 6.07) is 3.23. The number of likely N-dealkylation sites (tertiary alicyclic amines) is 1. The zero-order chi connectivity index (χ0) is 18.8. The van der Waals surface area contributed by atoms with E-state index in [9.17, 15) is 13.2 Å². The van der Waals surface area contributed by atoms with Gasteiger partial charge >= 0.3 is 0 Å². The lowest BCUT2D eigenvalue weighted by Gasteiger charge is -2.63. The van der Waals surface area contributed by atoms with Gasteiger partial charge in [-0.15, -0.1) is 0 Å². The molecule has 0 radical (unpaired) electrons. The lowest BCUT2D eigenvalue weighted by atomic mass is 9.43. The zero-order valence-electron chi connectivity index (χ0n) is 16.0. The maximum absolute atomic E-state index is 12.8. The SMILES string of the molecule is CS(=O)(=O)Cc1ccc(C(=O)N2CCC3(CC2)C2CC4CC(C2)CC3C4)o1. The first-order chi connectivity index (χ1) is 12.8. The maximum atomic E-state index is 12.8. The molecule has 0 aromatic carbocycles. The molecule has 4 aliphatic carbocycles. The fraction of sp³-hybridized carbons (Fsp3) is 0.762. The average molecular weight is 392 g/mol. The predicted octanol–water partition coefficient (Wildman–Crippen LogP) is 3.50. The third-order valence-corrected chi connectivity index (χ3v) is 8.83. The Bertz CT molecular complexity index is 817. The third-order valence-electron chi connectivity index (χ3n) is 8.02. The molecule has 1 spiro atoms. The highest BCUT2D eigenvalue weighted by molar-refractivity contribution is 7.89. The van der Waals surface area contributed by atoms with Crippen molar-refractivity contribution in [1.29, 1.82) is 0 Å². The van der Waals surface area contributed by atoms with Crippen LogP contribution in [0.2, 0.25) is 0 Å².